The molecule has 5 rings (SSSR count). The Morgan fingerprint density at radius 1 is 1.09 bits per heavy atom. The van der Waals surface area contributed by atoms with Crippen LogP contribution in [0.25, 0.3) is 11.4 Å². The van der Waals surface area contributed by atoms with Gasteiger partial charge in [0.1, 0.15) is 6.54 Å². The molecule has 0 unspecified atom stereocenters. The maximum atomic E-state index is 13.3. The summed E-state index contributed by atoms with van der Waals surface area (Å²) in [6.45, 7) is 8.71. The molecular weight excluding hydrogens is 442 g/mol. The second-order valence-corrected chi connectivity index (χ2v) is 10.4. The van der Waals surface area contributed by atoms with Crippen LogP contribution in [0.5, 0.6) is 0 Å². The van der Waals surface area contributed by atoms with Crippen LogP contribution in [-0.4, -0.2) is 46.5 Å². The molecule has 182 valence electrons. The fourth-order valence-electron chi connectivity index (χ4n) is 4.74. The van der Waals surface area contributed by atoms with Crippen LogP contribution >= 0.6 is 0 Å². The Morgan fingerprint density at radius 2 is 1.80 bits per heavy atom. The molecule has 2 aliphatic rings. The average Bonchev–Trinajstić information content (AvgIpc) is 3.31. The zero-order chi connectivity index (χ0) is 24.6. The third kappa shape index (κ3) is 4.98. The number of carbonyl (C=O) groups is 2. The molecule has 35 heavy (non-hydrogen) atoms. The Kier molecular flexibility index (Phi) is 6.15. The Hall–Kier alpha value is -3.52. The molecule has 1 saturated heterocycles. The third-order valence-electron chi connectivity index (χ3n) is 6.81. The molecule has 2 amide bonds. The molecule has 8 nitrogen and oxygen atoms in total. The largest absolute Gasteiger partial charge is 0.338 e. The van der Waals surface area contributed by atoms with Gasteiger partial charge in [0.2, 0.25) is 23.5 Å². The van der Waals surface area contributed by atoms with Crippen molar-refractivity contribution in [3.05, 3.63) is 60.0 Å². The molecule has 0 radical (unpaired) electrons. The van der Waals surface area contributed by atoms with Gasteiger partial charge in [0.15, 0.2) is 0 Å². The van der Waals surface area contributed by atoms with Crippen LogP contribution in [0.1, 0.15) is 45.1 Å². The number of amides is 2. The lowest BCUT2D eigenvalue weighted by atomic mass is 9.87. The highest BCUT2D eigenvalue weighted by molar-refractivity contribution is 6.10. The fourth-order valence-corrected chi connectivity index (χ4v) is 4.74. The number of anilines is 2. The zero-order valence-corrected chi connectivity index (χ0v) is 20.5. The summed E-state index contributed by atoms with van der Waals surface area (Å²) in [4.78, 5) is 33.8. The Balaban J connectivity index is 1.18. The first-order valence-electron chi connectivity index (χ1n) is 12.1. The molecule has 0 aliphatic carbocycles. The summed E-state index contributed by atoms with van der Waals surface area (Å²) in [6, 6.07) is 15.7. The lowest BCUT2D eigenvalue weighted by molar-refractivity contribution is -0.126. The van der Waals surface area contributed by atoms with Crippen molar-refractivity contribution in [3.63, 3.8) is 0 Å². The highest BCUT2D eigenvalue weighted by Gasteiger charge is 2.33. The normalized spacial score (nSPS) is 17.2. The van der Waals surface area contributed by atoms with Crippen molar-refractivity contribution in [3.8, 4) is 11.4 Å². The van der Waals surface area contributed by atoms with Crippen molar-refractivity contribution < 1.29 is 14.1 Å². The van der Waals surface area contributed by atoms with E-state index in [1.807, 2.05) is 36.4 Å². The lowest BCUT2D eigenvalue weighted by Crippen LogP contribution is -2.47. The predicted octanol–water partition coefficient (Wildman–Crippen LogP) is 4.23. The first-order chi connectivity index (χ1) is 16.8. The van der Waals surface area contributed by atoms with Crippen molar-refractivity contribution in [2.75, 3.05) is 29.9 Å². The fraction of sp³-hybridized carbons (Fsp3) is 0.407. The minimum Gasteiger partial charge on any atom is -0.338 e. The zero-order valence-electron chi connectivity index (χ0n) is 20.5. The van der Waals surface area contributed by atoms with Gasteiger partial charge in [-0.1, -0.05) is 62.3 Å². The molecule has 2 aliphatic heterocycles. The molecule has 0 saturated carbocycles. The molecule has 1 fully saturated rings. The molecular formula is C27H31N5O3. The first kappa shape index (κ1) is 23.2. The molecule has 0 atom stereocenters. The van der Waals surface area contributed by atoms with Gasteiger partial charge in [-0.3, -0.25) is 14.5 Å². The number of hydrogen-bond acceptors (Lipinski definition) is 6. The first-order valence-corrected chi connectivity index (χ1v) is 12.1. The minimum atomic E-state index is -0.158. The number of hydrogen-bond donors (Lipinski definition) is 1. The number of benzene rings is 2. The van der Waals surface area contributed by atoms with E-state index >= 15 is 0 Å². The van der Waals surface area contributed by atoms with E-state index in [0.29, 0.717) is 23.9 Å². The van der Waals surface area contributed by atoms with Crippen LogP contribution in [0.15, 0.2) is 53.1 Å². The second kappa shape index (κ2) is 9.26. The number of aromatic nitrogens is 2. The van der Waals surface area contributed by atoms with Crippen LogP contribution in [0, 0.1) is 5.92 Å². The summed E-state index contributed by atoms with van der Waals surface area (Å²) in [5, 5.41) is 7.01. The summed E-state index contributed by atoms with van der Waals surface area (Å²) in [7, 11) is 0. The SMILES string of the molecule is CC(C)(C)c1ccc(-c2noc(CN3CCC(C(=O)N4CC(=O)Nc5ccccc54)CC3)n2)cc1. The van der Waals surface area contributed by atoms with E-state index in [2.05, 4.69) is 53.3 Å². The van der Waals surface area contributed by atoms with Crippen molar-refractivity contribution in [1.82, 2.24) is 15.0 Å². The van der Waals surface area contributed by atoms with E-state index in [1.54, 1.807) is 4.90 Å². The van der Waals surface area contributed by atoms with E-state index in [9.17, 15) is 9.59 Å². The molecule has 1 aromatic heterocycles. The van der Waals surface area contributed by atoms with Gasteiger partial charge in [0.25, 0.3) is 0 Å². The number of likely N-dealkylation sites (tertiary alicyclic amines) is 1. The topological polar surface area (TPSA) is 91.6 Å². The maximum Gasteiger partial charge on any atom is 0.244 e. The van der Waals surface area contributed by atoms with Gasteiger partial charge in [0.05, 0.1) is 17.9 Å². The molecule has 8 heteroatoms. The number of piperidine rings is 1. The number of nitrogens with one attached hydrogen (secondary N) is 1. The summed E-state index contributed by atoms with van der Waals surface area (Å²) in [5.41, 5.74) is 3.75. The van der Waals surface area contributed by atoms with Crippen LogP contribution in [0.2, 0.25) is 0 Å². The smallest absolute Gasteiger partial charge is 0.244 e. The van der Waals surface area contributed by atoms with Gasteiger partial charge < -0.3 is 14.7 Å². The van der Waals surface area contributed by atoms with E-state index in [1.165, 1.54) is 5.56 Å². The summed E-state index contributed by atoms with van der Waals surface area (Å²) in [5.74, 6) is 0.920. The van der Waals surface area contributed by atoms with Gasteiger partial charge >= 0.3 is 0 Å². The molecule has 3 heterocycles. The van der Waals surface area contributed by atoms with Crippen molar-refractivity contribution in [2.24, 2.45) is 5.92 Å². The van der Waals surface area contributed by atoms with Crippen LogP contribution in [0.4, 0.5) is 11.4 Å². The number of fused-ring (bicyclic) bond motifs is 1. The highest BCUT2D eigenvalue weighted by atomic mass is 16.5. The predicted molar refractivity (Wildman–Crippen MR) is 134 cm³/mol. The van der Waals surface area contributed by atoms with E-state index < -0.39 is 0 Å². The molecule has 2 aromatic carbocycles. The second-order valence-electron chi connectivity index (χ2n) is 10.4. The van der Waals surface area contributed by atoms with Crippen molar-refractivity contribution in [1.29, 1.82) is 0 Å². The summed E-state index contributed by atoms with van der Waals surface area (Å²) in [6.07, 6.45) is 1.46. The standard InChI is InChI=1S/C27H31N5O3/c1-27(2,3)20-10-8-18(9-11-20)25-29-24(35-30-25)17-31-14-12-19(13-15-31)26(34)32-16-23(33)28-21-6-4-5-7-22(21)32/h4-11,19H,12-17H2,1-3H3,(H,28,33). The molecule has 0 bridgehead atoms. The monoisotopic (exact) mass is 473 g/mol. The summed E-state index contributed by atoms with van der Waals surface area (Å²) >= 11 is 0. The van der Waals surface area contributed by atoms with Gasteiger partial charge in [-0.2, -0.15) is 4.98 Å². The lowest BCUT2D eigenvalue weighted by Gasteiger charge is -2.35. The minimum absolute atomic E-state index is 0.0192. The third-order valence-corrected chi connectivity index (χ3v) is 6.81. The Morgan fingerprint density at radius 3 is 2.51 bits per heavy atom. The van der Waals surface area contributed by atoms with Crippen LogP contribution < -0.4 is 10.2 Å². The van der Waals surface area contributed by atoms with Gasteiger partial charge in [-0.05, 0) is 49.0 Å². The van der Waals surface area contributed by atoms with Crippen LogP contribution in [-0.2, 0) is 21.5 Å². The molecule has 1 N–H and O–H groups in total. The Bertz CT molecular complexity index is 1220. The van der Waals surface area contributed by atoms with E-state index in [4.69, 9.17) is 4.52 Å². The number of rotatable bonds is 4. The maximum absolute atomic E-state index is 13.3. The average molecular weight is 474 g/mol. The van der Waals surface area contributed by atoms with Crippen molar-refractivity contribution >= 4 is 23.2 Å². The van der Waals surface area contributed by atoms with Crippen LogP contribution in [0.3, 0.4) is 0 Å². The van der Waals surface area contributed by atoms with E-state index in [-0.39, 0.29) is 29.7 Å². The highest BCUT2D eigenvalue weighted by Crippen LogP contribution is 2.32. The molecule has 0 spiro atoms. The number of carbonyl (C=O) groups excluding carboxylic acids is 2. The quantitative estimate of drug-likeness (QED) is 0.610. The van der Waals surface area contributed by atoms with E-state index in [0.717, 1.165) is 37.2 Å². The van der Waals surface area contributed by atoms with Crippen molar-refractivity contribution in [2.45, 2.75) is 45.6 Å². The number of para-hydroxylation sites is 2. The number of nitrogens with zero attached hydrogens (tertiary/aromatic N) is 4. The van der Waals surface area contributed by atoms with Gasteiger partial charge in [-0.25, -0.2) is 0 Å². The molecule has 3 aromatic rings. The van der Waals surface area contributed by atoms with Gasteiger partial charge in [-0.15, -0.1) is 0 Å². The van der Waals surface area contributed by atoms with Gasteiger partial charge in [0, 0.05) is 11.5 Å². The summed E-state index contributed by atoms with van der Waals surface area (Å²) < 4.78 is 5.52. The Labute approximate surface area is 205 Å².